The number of carbonyl (C=O) groups excluding carboxylic acids is 1. The van der Waals surface area contributed by atoms with Crippen molar-refractivity contribution in [2.45, 2.75) is 57.5 Å². The van der Waals surface area contributed by atoms with Crippen molar-refractivity contribution in [2.24, 2.45) is 0 Å². The molecule has 0 radical (unpaired) electrons. The minimum atomic E-state index is -0.261. The normalized spacial score (nSPS) is 20.5. The number of hydrogen-bond acceptors (Lipinski definition) is 4. The van der Waals surface area contributed by atoms with Gasteiger partial charge in [0.25, 0.3) is 0 Å². The van der Waals surface area contributed by atoms with Crippen LogP contribution in [0, 0.1) is 0 Å². The van der Waals surface area contributed by atoms with E-state index in [1.807, 2.05) is 29.2 Å². The van der Waals surface area contributed by atoms with Gasteiger partial charge in [-0.2, -0.15) is 0 Å². The van der Waals surface area contributed by atoms with E-state index in [0.29, 0.717) is 11.6 Å². The molecule has 3 heterocycles. The first kappa shape index (κ1) is 16.5. The molecule has 1 aromatic carbocycles. The molecule has 2 fully saturated rings. The van der Waals surface area contributed by atoms with Crippen LogP contribution in [0.3, 0.4) is 0 Å². The van der Waals surface area contributed by atoms with Gasteiger partial charge >= 0.3 is 5.69 Å². The van der Waals surface area contributed by atoms with Crippen molar-refractivity contribution in [3.63, 3.8) is 0 Å². The second kappa shape index (κ2) is 6.18. The molecule has 1 aliphatic carbocycles. The molecule has 0 unspecified atom stereocenters. The number of hydrogen-bond donors (Lipinski definition) is 0. The maximum Gasteiger partial charge on any atom is 0.352 e. The minimum absolute atomic E-state index is 0.0106. The second-order valence-corrected chi connectivity index (χ2v) is 7.79. The van der Waals surface area contributed by atoms with Gasteiger partial charge < -0.3 is 4.90 Å². The topological polar surface area (TPSA) is 72.5 Å². The second-order valence-electron chi connectivity index (χ2n) is 7.79. The number of likely N-dealkylation sites (tertiary alicyclic amines) is 1. The third-order valence-corrected chi connectivity index (χ3v) is 5.80. The van der Waals surface area contributed by atoms with E-state index in [-0.39, 0.29) is 24.2 Å². The van der Waals surface area contributed by atoms with E-state index in [2.05, 4.69) is 12.0 Å². The summed E-state index contributed by atoms with van der Waals surface area (Å²) in [6.45, 7) is 2.83. The fraction of sp³-hybridized carbons (Fsp3) is 0.500. The van der Waals surface area contributed by atoms with Crippen molar-refractivity contribution < 1.29 is 4.79 Å². The number of piperidine rings is 1. The molecule has 1 aliphatic heterocycles. The summed E-state index contributed by atoms with van der Waals surface area (Å²) in [4.78, 5) is 32.5. The van der Waals surface area contributed by atoms with Crippen LogP contribution in [0.15, 0.2) is 29.1 Å². The summed E-state index contributed by atoms with van der Waals surface area (Å²) in [6, 6.07) is 7.97. The molecule has 3 aromatic rings. The van der Waals surface area contributed by atoms with Gasteiger partial charge in [-0.25, -0.2) is 18.9 Å². The summed E-state index contributed by atoms with van der Waals surface area (Å²) < 4.78 is 2.94. The highest BCUT2D eigenvalue weighted by molar-refractivity contribution is 5.91. The van der Waals surface area contributed by atoms with E-state index >= 15 is 0 Å². The lowest BCUT2D eigenvalue weighted by Crippen LogP contribution is -2.44. The molecule has 1 saturated heterocycles. The lowest BCUT2D eigenvalue weighted by Gasteiger charge is -2.33. The number of rotatable bonds is 3. The average Bonchev–Trinajstić information content (AvgIpc) is 3.47. The molecule has 27 heavy (non-hydrogen) atoms. The zero-order chi connectivity index (χ0) is 18.5. The number of aromatic nitrogens is 4. The van der Waals surface area contributed by atoms with Gasteiger partial charge in [-0.1, -0.05) is 12.1 Å². The molecular weight excluding hydrogens is 342 g/mol. The van der Waals surface area contributed by atoms with Crippen molar-refractivity contribution in [3.05, 3.63) is 40.6 Å². The van der Waals surface area contributed by atoms with Crippen molar-refractivity contribution in [1.29, 1.82) is 0 Å². The maximum atomic E-state index is 13.1. The zero-order valence-corrected chi connectivity index (χ0v) is 15.5. The quantitative estimate of drug-likeness (QED) is 0.714. The van der Waals surface area contributed by atoms with Crippen LogP contribution in [0.4, 0.5) is 0 Å². The molecule has 2 aromatic heterocycles. The molecule has 140 valence electrons. The highest BCUT2D eigenvalue weighted by Gasteiger charge is 2.31. The van der Waals surface area contributed by atoms with Gasteiger partial charge in [0, 0.05) is 23.9 Å². The van der Waals surface area contributed by atoms with Gasteiger partial charge in [0.05, 0.1) is 5.52 Å². The number of para-hydroxylation sites is 1. The van der Waals surface area contributed by atoms with Crippen LogP contribution in [0.2, 0.25) is 0 Å². The van der Waals surface area contributed by atoms with Gasteiger partial charge in [-0.3, -0.25) is 4.79 Å². The van der Waals surface area contributed by atoms with E-state index < -0.39 is 0 Å². The highest BCUT2D eigenvalue weighted by Crippen LogP contribution is 2.39. The van der Waals surface area contributed by atoms with E-state index in [9.17, 15) is 9.59 Å². The number of benzene rings is 1. The number of nitrogens with zero attached hydrogens (tertiary/aromatic N) is 5. The smallest absolute Gasteiger partial charge is 0.338 e. The summed E-state index contributed by atoms with van der Waals surface area (Å²) in [5.74, 6) is 1.06. The van der Waals surface area contributed by atoms with Crippen LogP contribution in [-0.2, 0) is 11.3 Å². The van der Waals surface area contributed by atoms with Gasteiger partial charge in [0.2, 0.25) is 5.91 Å². The van der Waals surface area contributed by atoms with Crippen LogP contribution in [0.5, 0.6) is 0 Å². The molecule has 7 heteroatoms. The standard InChI is InChI=1S/C20H23N5O2/c1-13-6-4-5-11-23(13)17(26)12-24-20(27)25-18(14-9-10-14)21-16-8-3-2-7-15(16)19(25)22-24/h2-3,7-8,13-14H,4-6,9-12H2,1H3/t13-/m0/s1. The van der Waals surface area contributed by atoms with Crippen molar-refractivity contribution >= 4 is 22.5 Å². The Hall–Kier alpha value is -2.70. The molecule has 5 rings (SSSR count). The van der Waals surface area contributed by atoms with Crippen molar-refractivity contribution in [3.8, 4) is 0 Å². The van der Waals surface area contributed by atoms with E-state index in [0.717, 1.165) is 55.4 Å². The summed E-state index contributed by atoms with van der Waals surface area (Å²) in [5.41, 5.74) is 1.19. The lowest BCUT2D eigenvalue weighted by atomic mass is 10.0. The van der Waals surface area contributed by atoms with Crippen LogP contribution in [-0.4, -0.2) is 42.6 Å². The predicted molar refractivity (Wildman–Crippen MR) is 102 cm³/mol. The predicted octanol–water partition coefficient (Wildman–Crippen LogP) is 2.32. The van der Waals surface area contributed by atoms with Gasteiger partial charge in [0.15, 0.2) is 5.65 Å². The average molecular weight is 365 g/mol. The molecule has 7 nitrogen and oxygen atoms in total. The zero-order valence-electron chi connectivity index (χ0n) is 15.5. The van der Waals surface area contributed by atoms with Crippen LogP contribution in [0.25, 0.3) is 16.6 Å². The van der Waals surface area contributed by atoms with E-state index in [4.69, 9.17) is 4.98 Å². The van der Waals surface area contributed by atoms with Crippen molar-refractivity contribution in [2.75, 3.05) is 6.54 Å². The molecule has 0 bridgehead atoms. The first-order valence-corrected chi connectivity index (χ1v) is 9.81. The number of amides is 1. The fourth-order valence-electron chi connectivity index (χ4n) is 4.13. The Bertz CT molecular complexity index is 1090. The molecule has 1 saturated carbocycles. The summed E-state index contributed by atoms with van der Waals surface area (Å²) in [6.07, 6.45) is 5.29. The monoisotopic (exact) mass is 365 g/mol. The third kappa shape index (κ3) is 2.72. The maximum absolute atomic E-state index is 13.1. The van der Waals surface area contributed by atoms with Crippen LogP contribution >= 0.6 is 0 Å². The molecule has 1 amide bonds. The summed E-state index contributed by atoms with van der Waals surface area (Å²) in [5, 5.41) is 5.39. The third-order valence-electron chi connectivity index (χ3n) is 5.80. The van der Waals surface area contributed by atoms with Gasteiger partial charge in [-0.15, -0.1) is 5.10 Å². The molecule has 1 atom stereocenters. The molecule has 2 aliphatic rings. The van der Waals surface area contributed by atoms with Gasteiger partial charge in [-0.05, 0) is 51.2 Å². The molecule has 0 spiro atoms. The Balaban J connectivity index is 1.60. The van der Waals surface area contributed by atoms with E-state index in [1.165, 1.54) is 4.68 Å². The van der Waals surface area contributed by atoms with Crippen molar-refractivity contribution in [1.82, 2.24) is 24.1 Å². The highest BCUT2D eigenvalue weighted by atomic mass is 16.2. The Kier molecular flexibility index (Phi) is 3.77. The Morgan fingerprint density at radius 3 is 2.78 bits per heavy atom. The van der Waals surface area contributed by atoms with Crippen LogP contribution in [0.1, 0.15) is 50.8 Å². The largest absolute Gasteiger partial charge is 0.352 e. The summed E-state index contributed by atoms with van der Waals surface area (Å²) in [7, 11) is 0. The minimum Gasteiger partial charge on any atom is -0.338 e. The van der Waals surface area contributed by atoms with Crippen LogP contribution < -0.4 is 5.69 Å². The van der Waals surface area contributed by atoms with E-state index in [1.54, 1.807) is 4.40 Å². The Labute approximate surface area is 156 Å². The summed E-state index contributed by atoms with van der Waals surface area (Å²) >= 11 is 0. The van der Waals surface area contributed by atoms with Gasteiger partial charge in [0.1, 0.15) is 12.4 Å². The lowest BCUT2D eigenvalue weighted by molar-refractivity contribution is -0.135. The fourth-order valence-corrected chi connectivity index (χ4v) is 4.13. The molecular formula is C20H23N5O2. The Morgan fingerprint density at radius 1 is 1.19 bits per heavy atom. The number of fused-ring (bicyclic) bond motifs is 3. The Morgan fingerprint density at radius 2 is 2.00 bits per heavy atom. The number of carbonyl (C=O) groups is 1. The SMILES string of the molecule is C[C@H]1CCCCN1C(=O)Cn1nc2c3ccccc3nc(C3CC3)n2c1=O. The first-order valence-electron chi connectivity index (χ1n) is 9.81. The first-order chi connectivity index (χ1) is 13.1. The molecule has 0 N–H and O–H groups in total.